The maximum atomic E-state index is 11.9. The van der Waals surface area contributed by atoms with Gasteiger partial charge in [0.15, 0.2) is 4.77 Å². The third kappa shape index (κ3) is 2.06. The Balaban J connectivity index is 2.17. The molecule has 1 unspecified atom stereocenters. The molecule has 5 nitrogen and oxygen atoms in total. The Kier molecular flexibility index (Phi) is 2.91. The summed E-state index contributed by atoms with van der Waals surface area (Å²) >= 11 is 11.2. The topological polar surface area (TPSA) is 66.9 Å². The van der Waals surface area contributed by atoms with Crippen LogP contribution in [0.3, 0.4) is 0 Å². The van der Waals surface area contributed by atoms with E-state index in [1.54, 1.807) is 16.7 Å². The fourth-order valence-corrected chi connectivity index (χ4v) is 2.83. The minimum Gasteiger partial charge on any atom is -0.331 e. The molecule has 1 saturated heterocycles. The van der Waals surface area contributed by atoms with Crippen molar-refractivity contribution in [3.63, 3.8) is 0 Å². The van der Waals surface area contributed by atoms with Crippen molar-refractivity contribution in [3.8, 4) is 0 Å². The summed E-state index contributed by atoms with van der Waals surface area (Å²) in [5.41, 5.74) is 1.59. The van der Waals surface area contributed by atoms with Crippen LogP contribution in [0.1, 0.15) is 18.9 Å². The molecule has 1 atom stereocenters. The molecule has 3 rings (SSSR count). The number of amides is 2. The third-order valence-electron chi connectivity index (χ3n) is 3.20. The van der Waals surface area contributed by atoms with E-state index in [2.05, 4.69) is 10.3 Å². The normalized spacial score (nSPS) is 19.7. The summed E-state index contributed by atoms with van der Waals surface area (Å²) in [6, 6.07) is 4.85. The molecule has 0 bridgehead atoms. The van der Waals surface area contributed by atoms with Crippen LogP contribution in [0.4, 0.5) is 0 Å². The Morgan fingerprint density at radius 2 is 2.16 bits per heavy atom. The number of nitrogens with zero attached hydrogens (tertiary/aromatic N) is 1. The number of piperidine rings is 1. The van der Waals surface area contributed by atoms with Crippen molar-refractivity contribution < 1.29 is 9.59 Å². The Morgan fingerprint density at radius 1 is 1.37 bits per heavy atom. The lowest BCUT2D eigenvalue weighted by atomic mass is 10.1. The van der Waals surface area contributed by atoms with Crippen molar-refractivity contribution >= 4 is 46.7 Å². The van der Waals surface area contributed by atoms with E-state index in [-0.39, 0.29) is 11.8 Å². The first-order valence-corrected chi connectivity index (χ1v) is 6.58. The van der Waals surface area contributed by atoms with Crippen LogP contribution in [0.5, 0.6) is 0 Å². The molecule has 2 amide bonds. The van der Waals surface area contributed by atoms with Crippen LogP contribution in [-0.4, -0.2) is 21.4 Å². The highest BCUT2D eigenvalue weighted by Crippen LogP contribution is 2.26. The Hall–Kier alpha value is -1.66. The summed E-state index contributed by atoms with van der Waals surface area (Å²) < 4.78 is 2.17. The molecule has 7 heteroatoms. The van der Waals surface area contributed by atoms with Crippen LogP contribution in [0.25, 0.3) is 11.0 Å². The van der Waals surface area contributed by atoms with E-state index < -0.39 is 6.04 Å². The number of fused-ring (bicyclic) bond motifs is 1. The standard InChI is InChI=1S/C12H10ClN3O2S/c13-6-1-2-7-9(5-6)16(12(19)14-7)8-3-4-10(17)15-11(8)18/h1-2,5,8H,3-4H2,(H,14,19)(H,15,17,18). The van der Waals surface area contributed by atoms with Gasteiger partial charge in [-0.1, -0.05) is 11.6 Å². The van der Waals surface area contributed by atoms with Gasteiger partial charge in [0.05, 0.1) is 11.0 Å². The molecule has 0 radical (unpaired) electrons. The second-order valence-electron chi connectivity index (χ2n) is 4.43. The van der Waals surface area contributed by atoms with Gasteiger partial charge in [-0.05, 0) is 36.8 Å². The van der Waals surface area contributed by atoms with E-state index >= 15 is 0 Å². The van der Waals surface area contributed by atoms with Gasteiger partial charge in [-0.15, -0.1) is 0 Å². The van der Waals surface area contributed by atoms with Gasteiger partial charge in [-0.3, -0.25) is 14.9 Å². The van der Waals surface area contributed by atoms with E-state index in [0.717, 1.165) is 11.0 Å². The van der Waals surface area contributed by atoms with Crippen molar-refractivity contribution in [2.75, 3.05) is 0 Å². The molecular weight excluding hydrogens is 286 g/mol. The zero-order valence-corrected chi connectivity index (χ0v) is 11.3. The second-order valence-corrected chi connectivity index (χ2v) is 5.25. The lowest BCUT2D eigenvalue weighted by molar-refractivity contribution is -0.135. The number of aromatic amines is 1. The number of halogens is 1. The molecule has 0 spiro atoms. The van der Waals surface area contributed by atoms with E-state index in [1.807, 2.05) is 6.07 Å². The van der Waals surface area contributed by atoms with Crippen molar-refractivity contribution in [3.05, 3.63) is 28.0 Å². The van der Waals surface area contributed by atoms with Gasteiger partial charge in [0.25, 0.3) is 0 Å². The Morgan fingerprint density at radius 3 is 2.89 bits per heavy atom. The first-order chi connectivity index (χ1) is 9.06. The van der Waals surface area contributed by atoms with Crippen LogP contribution in [-0.2, 0) is 9.59 Å². The number of carbonyl (C=O) groups is 2. The molecule has 0 aliphatic carbocycles. The maximum absolute atomic E-state index is 11.9. The van der Waals surface area contributed by atoms with E-state index in [4.69, 9.17) is 23.8 Å². The molecular formula is C12H10ClN3O2S. The highest BCUT2D eigenvalue weighted by molar-refractivity contribution is 7.71. The van der Waals surface area contributed by atoms with Crippen LogP contribution in [0.2, 0.25) is 5.02 Å². The van der Waals surface area contributed by atoms with Crippen molar-refractivity contribution in [2.45, 2.75) is 18.9 Å². The molecule has 2 N–H and O–H groups in total. The highest BCUT2D eigenvalue weighted by Gasteiger charge is 2.29. The third-order valence-corrected chi connectivity index (χ3v) is 3.74. The van der Waals surface area contributed by atoms with Gasteiger partial charge < -0.3 is 9.55 Å². The van der Waals surface area contributed by atoms with Crippen molar-refractivity contribution in [1.29, 1.82) is 0 Å². The van der Waals surface area contributed by atoms with Gasteiger partial charge in [0, 0.05) is 11.4 Å². The quantitative estimate of drug-likeness (QED) is 0.627. The molecule has 19 heavy (non-hydrogen) atoms. The Labute approximate surface area is 118 Å². The molecule has 1 aliphatic rings. The van der Waals surface area contributed by atoms with E-state index in [1.165, 1.54) is 0 Å². The molecule has 2 aromatic rings. The predicted octanol–water partition coefficient (Wildman–Crippen LogP) is 2.33. The zero-order valence-electron chi connectivity index (χ0n) is 9.77. The number of rotatable bonds is 1. The number of H-pyrrole nitrogens is 1. The largest absolute Gasteiger partial charge is 0.331 e. The lowest BCUT2D eigenvalue weighted by Gasteiger charge is -2.22. The average molecular weight is 296 g/mol. The number of carbonyl (C=O) groups excluding carboxylic acids is 2. The average Bonchev–Trinajstić information content (AvgIpc) is 2.65. The van der Waals surface area contributed by atoms with Gasteiger partial charge in [0.2, 0.25) is 11.8 Å². The summed E-state index contributed by atoms with van der Waals surface area (Å²) in [5, 5.41) is 2.90. The summed E-state index contributed by atoms with van der Waals surface area (Å²) in [6.45, 7) is 0. The molecule has 0 saturated carbocycles. The van der Waals surface area contributed by atoms with Gasteiger partial charge in [-0.2, -0.15) is 0 Å². The first kappa shape index (κ1) is 12.4. The molecule has 1 fully saturated rings. The summed E-state index contributed by atoms with van der Waals surface area (Å²) in [6.07, 6.45) is 0.754. The maximum Gasteiger partial charge on any atom is 0.249 e. The minimum atomic E-state index is -0.475. The number of hydrogen-bond acceptors (Lipinski definition) is 3. The molecule has 98 valence electrons. The van der Waals surface area contributed by atoms with Gasteiger partial charge in [-0.25, -0.2) is 0 Å². The van der Waals surface area contributed by atoms with Crippen LogP contribution >= 0.6 is 23.8 Å². The molecule has 1 aromatic carbocycles. The number of hydrogen-bond donors (Lipinski definition) is 2. The van der Waals surface area contributed by atoms with E-state index in [0.29, 0.717) is 22.6 Å². The lowest BCUT2D eigenvalue weighted by Crippen LogP contribution is -2.41. The monoisotopic (exact) mass is 295 g/mol. The molecule has 1 aliphatic heterocycles. The number of imidazole rings is 1. The number of nitrogens with one attached hydrogen (secondary N) is 2. The summed E-state index contributed by atoms with van der Waals surface area (Å²) in [7, 11) is 0. The fraction of sp³-hybridized carbons (Fsp3) is 0.250. The zero-order chi connectivity index (χ0) is 13.6. The van der Waals surface area contributed by atoms with Crippen molar-refractivity contribution in [2.24, 2.45) is 0 Å². The van der Waals surface area contributed by atoms with Crippen LogP contribution < -0.4 is 5.32 Å². The number of benzene rings is 1. The highest BCUT2D eigenvalue weighted by atomic mass is 35.5. The number of imide groups is 1. The minimum absolute atomic E-state index is 0.245. The van der Waals surface area contributed by atoms with Crippen molar-refractivity contribution in [1.82, 2.24) is 14.9 Å². The molecule has 1 aromatic heterocycles. The Bertz CT molecular complexity index is 749. The summed E-state index contributed by atoms with van der Waals surface area (Å²) in [4.78, 5) is 26.2. The predicted molar refractivity (Wildman–Crippen MR) is 73.6 cm³/mol. The molecule has 2 heterocycles. The summed E-state index contributed by atoms with van der Waals surface area (Å²) in [5.74, 6) is -0.570. The van der Waals surface area contributed by atoms with E-state index in [9.17, 15) is 9.59 Å². The van der Waals surface area contributed by atoms with Crippen LogP contribution in [0.15, 0.2) is 18.2 Å². The first-order valence-electron chi connectivity index (χ1n) is 5.80. The van der Waals surface area contributed by atoms with Crippen LogP contribution in [0, 0.1) is 4.77 Å². The second kappa shape index (κ2) is 4.47. The van der Waals surface area contributed by atoms with Gasteiger partial charge >= 0.3 is 0 Å². The van der Waals surface area contributed by atoms with Gasteiger partial charge in [0.1, 0.15) is 6.04 Å². The SMILES string of the molecule is O=C1CCC(n2c(=S)[nH]c3ccc(Cl)cc32)C(=O)N1. The fourth-order valence-electron chi connectivity index (χ4n) is 2.33. The number of aromatic nitrogens is 2. The smallest absolute Gasteiger partial charge is 0.249 e.